The average Bonchev–Trinajstić information content (AvgIpc) is 2.83. The van der Waals surface area contributed by atoms with Crippen LogP contribution in [-0.4, -0.2) is 21.7 Å². The molecule has 0 aliphatic rings. The topological polar surface area (TPSA) is 46.9 Å². The number of nitrogens with one attached hydrogen (secondary N) is 1. The van der Waals surface area contributed by atoms with Crippen LogP contribution in [0.1, 0.15) is 49.7 Å². The van der Waals surface area contributed by atoms with Gasteiger partial charge in [0.1, 0.15) is 0 Å². The van der Waals surface area contributed by atoms with E-state index in [2.05, 4.69) is 24.3 Å². The monoisotopic (exact) mass is 271 g/mol. The lowest BCUT2D eigenvalue weighted by Crippen LogP contribution is -2.30. The molecule has 0 spiro atoms. The van der Waals surface area contributed by atoms with E-state index in [1.54, 1.807) is 6.20 Å². The van der Waals surface area contributed by atoms with Gasteiger partial charge in [-0.15, -0.1) is 0 Å². The van der Waals surface area contributed by atoms with Crippen molar-refractivity contribution in [1.29, 1.82) is 0 Å². The fraction of sp³-hybridized carbons (Fsp3) is 0.375. The first-order chi connectivity index (χ1) is 9.50. The van der Waals surface area contributed by atoms with Gasteiger partial charge in [-0.25, -0.2) is 4.68 Å². The van der Waals surface area contributed by atoms with E-state index in [0.717, 1.165) is 11.4 Å². The second-order valence-electron chi connectivity index (χ2n) is 5.47. The van der Waals surface area contributed by atoms with Crippen LogP contribution >= 0.6 is 0 Å². The number of amides is 1. The van der Waals surface area contributed by atoms with E-state index in [1.165, 1.54) is 0 Å². The van der Waals surface area contributed by atoms with Gasteiger partial charge in [0.05, 0.1) is 23.1 Å². The molecule has 0 saturated carbocycles. The Labute approximate surface area is 119 Å². The number of nitrogens with zero attached hydrogens (tertiary/aromatic N) is 2. The van der Waals surface area contributed by atoms with Crippen molar-refractivity contribution in [2.45, 2.75) is 39.7 Å². The summed E-state index contributed by atoms with van der Waals surface area (Å²) in [5.41, 5.74) is 2.56. The lowest BCUT2D eigenvalue weighted by atomic mass is 10.0. The zero-order valence-corrected chi connectivity index (χ0v) is 12.4. The minimum atomic E-state index is -0.0640. The van der Waals surface area contributed by atoms with Crippen LogP contribution in [0, 0.1) is 0 Å². The molecule has 0 saturated heterocycles. The standard InChI is InChI=1S/C16H21N3O/c1-11(2)15-14(16(20)18-12(3)4)10-17-19(15)13-8-6-5-7-9-13/h5-12H,1-4H3,(H,18,20). The van der Waals surface area contributed by atoms with Gasteiger partial charge in [0.15, 0.2) is 0 Å². The molecule has 0 bridgehead atoms. The fourth-order valence-corrected chi connectivity index (χ4v) is 2.20. The van der Waals surface area contributed by atoms with Crippen molar-refractivity contribution in [3.63, 3.8) is 0 Å². The molecule has 0 aliphatic carbocycles. The number of benzene rings is 1. The Morgan fingerprint density at radius 1 is 1.15 bits per heavy atom. The largest absolute Gasteiger partial charge is 0.350 e. The molecule has 0 fully saturated rings. The summed E-state index contributed by atoms with van der Waals surface area (Å²) >= 11 is 0. The molecular formula is C16H21N3O. The van der Waals surface area contributed by atoms with Gasteiger partial charge in [-0.3, -0.25) is 4.79 Å². The van der Waals surface area contributed by atoms with Crippen LogP contribution in [0.5, 0.6) is 0 Å². The van der Waals surface area contributed by atoms with Crippen molar-refractivity contribution in [1.82, 2.24) is 15.1 Å². The molecular weight excluding hydrogens is 250 g/mol. The van der Waals surface area contributed by atoms with E-state index in [0.29, 0.717) is 5.56 Å². The highest BCUT2D eigenvalue weighted by molar-refractivity contribution is 5.95. The number of hydrogen-bond donors (Lipinski definition) is 1. The molecule has 4 nitrogen and oxygen atoms in total. The molecule has 1 aromatic carbocycles. The summed E-state index contributed by atoms with van der Waals surface area (Å²) in [6.45, 7) is 8.05. The molecule has 2 aromatic rings. The normalized spacial score (nSPS) is 11.1. The molecule has 4 heteroatoms. The third kappa shape index (κ3) is 2.90. The first kappa shape index (κ1) is 14.3. The molecule has 20 heavy (non-hydrogen) atoms. The summed E-state index contributed by atoms with van der Waals surface area (Å²) in [5, 5.41) is 7.32. The molecule has 1 amide bonds. The molecule has 0 aliphatic heterocycles. The summed E-state index contributed by atoms with van der Waals surface area (Å²) in [6, 6.07) is 9.99. The smallest absolute Gasteiger partial charge is 0.254 e. The Morgan fingerprint density at radius 3 is 2.35 bits per heavy atom. The molecule has 1 heterocycles. The summed E-state index contributed by atoms with van der Waals surface area (Å²) in [7, 11) is 0. The molecule has 0 unspecified atom stereocenters. The van der Waals surface area contributed by atoms with Gasteiger partial charge in [-0.2, -0.15) is 5.10 Å². The molecule has 1 aromatic heterocycles. The fourth-order valence-electron chi connectivity index (χ4n) is 2.20. The van der Waals surface area contributed by atoms with E-state index in [1.807, 2.05) is 48.9 Å². The predicted molar refractivity (Wildman–Crippen MR) is 80.3 cm³/mol. The highest BCUT2D eigenvalue weighted by Gasteiger charge is 2.20. The predicted octanol–water partition coefficient (Wildman–Crippen LogP) is 3.13. The third-order valence-corrected chi connectivity index (χ3v) is 3.02. The minimum Gasteiger partial charge on any atom is -0.350 e. The Balaban J connectivity index is 2.46. The van der Waals surface area contributed by atoms with Gasteiger partial charge in [0.25, 0.3) is 5.91 Å². The lowest BCUT2D eigenvalue weighted by Gasteiger charge is -2.14. The summed E-state index contributed by atoms with van der Waals surface area (Å²) in [5.74, 6) is 0.150. The number of para-hydroxylation sites is 1. The number of hydrogen-bond acceptors (Lipinski definition) is 2. The zero-order chi connectivity index (χ0) is 14.7. The maximum absolute atomic E-state index is 12.3. The third-order valence-electron chi connectivity index (χ3n) is 3.02. The number of carbonyl (C=O) groups excluding carboxylic acids is 1. The van der Waals surface area contributed by atoms with Gasteiger partial charge in [0, 0.05) is 6.04 Å². The van der Waals surface area contributed by atoms with Gasteiger partial charge >= 0.3 is 0 Å². The highest BCUT2D eigenvalue weighted by atomic mass is 16.1. The molecule has 0 radical (unpaired) electrons. The molecule has 106 valence electrons. The van der Waals surface area contributed by atoms with Gasteiger partial charge in [0.2, 0.25) is 0 Å². The number of aromatic nitrogens is 2. The van der Waals surface area contributed by atoms with Crippen LogP contribution in [0.4, 0.5) is 0 Å². The minimum absolute atomic E-state index is 0.0640. The highest BCUT2D eigenvalue weighted by Crippen LogP contribution is 2.23. The molecule has 0 atom stereocenters. The Hall–Kier alpha value is -2.10. The Morgan fingerprint density at radius 2 is 1.80 bits per heavy atom. The number of rotatable bonds is 4. The summed E-state index contributed by atoms with van der Waals surface area (Å²) in [4.78, 5) is 12.3. The molecule has 2 rings (SSSR count). The van der Waals surface area contributed by atoms with Crippen molar-refractivity contribution < 1.29 is 4.79 Å². The summed E-state index contributed by atoms with van der Waals surface area (Å²) in [6.07, 6.45) is 1.65. The van der Waals surface area contributed by atoms with Crippen LogP contribution in [0.2, 0.25) is 0 Å². The molecule has 1 N–H and O–H groups in total. The van der Waals surface area contributed by atoms with Crippen LogP contribution < -0.4 is 5.32 Å². The number of carbonyl (C=O) groups is 1. The van der Waals surface area contributed by atoms with E-state index >= 15 is 0 Å². The Kier molecular flexibility index (Phi) is 4.23. The second kappa shape index (κ2) is 5.90. The SMILES string of the molecule is CC(C)NC(=O)c1cnn(-c2ccccc2)c1C(C)C. The lowest BCUT2D eigenvalue weighted by molar-refractivity contribution is 0.0941. The van der Waals surface area contributed by atoms with E-state index < -0.39 is 0 Å². The first-order valence-corrected chi connectivity index (χ1v) is 6.95. The zero-order valence-electron chi connectivity index (χ0n) is 12.4. The van der Waals surface area contributed by atoms with Gasteiger partial charge in [-0.05, 0) is 31.9 Å². The van der Waals surface area contributed by atoms with Crippen LogP contribution in [0.25, 0.3) is 5.69 Å². The van der Waals surface area contributed by atoms with Crippen LogP contribution in [0.3, 0.4) is 0 Å². The van der Waals surface area contributed by atoms with Crippen LogP contribution in [-0.2, 0) is 0 Å². The van der Waals surface area contributed by atoms with Crippen molar-refractivity contribution in [3.8, 4) is 5.69 Å². The average molecular weight is 271 g/mol. The second-order valence-corrected chi connectivity index (χ2v) is 5.47. The first-order valence-electron chi connectivity index (χ1n) is 6.95. The van der Waals surface area contributed by atoms with Gasteiger partial charge < -0.3 is 5.32 Å². The van der Waals surface area contributed by atoms with E-state index in [4.69, 9.17) is 0 Å². The maximum Gasteiger partial charge on any atom is 0.254 e. The van der Waals surface area contributed by atoms with Gasteiger partial charge in [-0.1, -0.05) is 32.0 Å². The van der Waals surface area contributed by atoms with Crippen molar-refractivity contribution in [3.05, 3.63) is 47.8 Å². The van der Waals surface area contributed by atoms with Crippen molar-refractivity contribution >= 4 is 5.91 Å². The quantitative estimate of drug-likeness (QED) is 0.928. The summed E-state index contributed by atoms with van der Waals surface area (Å²) < 4.78 is 1.85. The maximum atomic E-state index is 12.3. The van der Waals surface area contributed by atoms with E-state index in [9.17, 15) is 4.79 Å². The van der Waals surface area contributed by atoms with E-state index in [-0.39, 0.29) is 17.9 Å². The van der Waals surface area contributed by atoms with Crippen LogP contribution in [0.15, 0.2) is 36.5 Å². The Bertz CT molecular complexity index is 585. The van der Waals surface area contributed by atoms with Crippen molar-refractivity contribution in [2.24, 2.45) is 0 Å². The van der Waals surface area contributed by atoms with Crippen molar-refractivity contribution in [2.75, 3.05) is 0 Å².